The molecule has 1 aromatic heterocycles. The van der Waals surface area contributed by atoms with Crippen LogP contribution in [0.15, 0.2) is 60.8 Å². The van der Waals surface area contributed by atoms with Gasteiger partial charge in [-0.1, -0.05) is 41.9 Å². The van der Waals surface area contributed by atoms with E-state index in [0.717, 1.165) is 13.0 Å². The van der Waals surface area contributed by atoms with Gasteiger partial charge >= 0.3 is 0 Å². The molecule has 1 aliphatic heterocycles. The summed E-state index contributed by atoms with van der Waals surface area (Å²) in [5.41, 5.74) is 3.10. The summed E-state index contributed by atoms with van der Waals surface area (Å²) < 4.78 is 4.60. The van der Waals surface area contributed by atoms with E-state index in [2.05, 4.69) is 39.6 Å². The van der Waals surface area contributed by atoms with Crippen molar-refractivity contribution in [2.75, 3.05) is 0 Å². The Kier molecular flexibility index (Phi) is 6.73. The van der Waals surface area contributed by atoms with E-state index in [1.165, 1.54) is 36.3 Å². The van der Waals surface area contributed by atoms with Gasteiger partial charge in [-0.3, -0.25) is 4.79 Å². The first kappa shape index (κ1) is 20.8. The molecule has 0 radical (unpaired) electrons. The fourth-order valence-electron chi connectivity index (χ4n) is 3.95. The minimum atomic E-state index is -0.247. The SMILES string of the molecule is CC(C(=O)c1ccc(Cl)cc1)[n+]1cc(-c2ccccc2)n2c1CCCCC2.[Br-]. The van der Waals surface area contributed by atoms with Gasteiger partial charge in [0.2, 0.25) is 5.78 Å². The molecule has 1 atom stereocenters. The Morgan fingerprint density at radius 1 is 1.04 bits per heavy atom. The summed E-state index contributed by atoms with van der Waals surface area (Å²) in [6, 6.07) is 17.4. The second-order valence-electron chi connectivity index (χ2n) is 7.21. The standard InChI is InChI=1S/C23H24ClN2O.BrH/c1-17(23(27)19-11-13-20(24)14-12-19)26-16-21(18-8-4-2-5-9-18)25-15-7-3-6-10-22(25)26;/h2,4-5,8-9,11-14,16-17H,3,6-7,10,15H2,1H3;1H/q+1;/p-1. The largest absolute Gasteiger partial charge is 1.00 e. The smallest absolute Gasteiger partial charge is 0.257 e. The Bertz CT molecular complexity index is 951. The van der Waals surface area contributed by atoms with Crippen LogP contribution in [0, 0.1) is 0 Å². The molecule has 28 heavy (non-hydrogen) atoms. The molecular weight excluding hydrogens is 436 g/mol. The fraction of sp³-hybridized carbons (Fsp3) is 0.304. The average molecular weight is 460 g/mol. The van der Waals surface area contributed by atoms with Crippen LogP contribution in [0.1, 0.15) is 48.4 Å². The minimum absolute atomic E-state index is 0. The fourth-order valence-corrected chi connectivity index (χ4v) is 4.08. The number of nitrogens with zero attached hydrogens (tertiary/aromatic N) is 2. The van der Waals surface area contributed by atoms with E-state index in [9.17, 15) is 4.79 Å². The van der Waals surface area contributed by atoms with Crippen molar-refractivity contribution in [1.29, 1.82) is 0 Å². The van der Waals surface area contributed by atoms with E-state index in [1.54, 1.807) is 12.1 Å². The van der Waals surface area contributed by atoms with Crippen molar-refractivity contribution in [3.05, 3.63) is 77.2 Å². The maximum absolute atomic E-state index is 13.1. The molecule has 1 unspecified atom stereocenters. The van der Waals surface area contributed by atoms with Crippen LogP contribution >= 0.6 is 11.6 Å². The second-order valence-corrected chi connectivity index (χ2v) is 7.65. The number of fused-ring (bicyclic) bond motifs is 1. The van der Waals surface area contributed by atoms with Gasteiger partial charge in [0.15, 0.2) is 11.7 Å². The first-order valence-corrected chi connectivity index (χ1v) is 10.0. The van der Waals surface area contributed by atoms with E-state index in [-0.39, 0.29) is 28.8 Å². The molecule has 0 aliphatic carbocycles. The van der Waals surface area contributed by atoms with Crippen molar-refractivity contribution in [2.45, 2.75) is 45.2 Å². The van der Waals surface area contributed by atoms with Gasteiger partial charge in [0, 0.05) is 22.6 Å². The van der Waals surface area contributed by atoms with Crippen molar-refractivity contribution in [2.24, 2.45) is 0 Å². The number of halogens is 2. The summed E-state index contributed by atoms with van der Waals surface area (Å²) in [6.45, 7) is 3.01. The number of benzene rings is 2. The van der Waals surface area contributed by atoms with Gasteiger partial charge in [0.25, 0.3) is 5.82 Å². The maximum Gasteiger partial charge on any atom is 0.257 e. The molecule has 0 saturated carbocycles. The molecule has 2 heterocycles. The lowest BCUT2D eigenvalue weighted by Gasteiger charge is -2.10. The van der Waals surface area contributed by atoms with Gasteiger partial charge in [-0.15, -0.1) is 0 Å². The Hall–Kier alpha value is -1.91. The summed E-state index contributed by atoms with van der Waals surface area (Å²) in [4.78, 5) is 13.1. The predicted molar refractivity (Wildman–Crippen MR) is 108 cm³/mol. The topological polar surface area (TPSA) is 25.9 Å². The highest BCUT2D eigenvalue weighted by Gasteiger charge is 2.31. The van der Waals surface area contributed by atoms with Crippen molar-refractivity contribution in [1.82, 2.24) is 4.57 Å². The summed E-state index contributed by atoms with van der Waals surface area (Å²) in [5, 5.41) is 0.649. The number of carbonyl (C=O) groups excluding carboxylic acids is 1. The number of hydrogen-bond acceptors (Lipinski definition) is 1. The van der Waals surface area contributed by atoms with Crippen LogP contribution < -0.4 is 21.5 Å². The van der Waals surface area contributed by atoms with Crippen molar-refractivity contribution in [3.8, 4) is 11.3 Å². The maximum atomic E-state index is 13.1. The molecule has 3 aromatic rings. The number of aromatic nitrogens is 2. The monoisotopic (exact) mass is 458 g/mol. The lowest BCUT2D eigenvalue weighted by atomic mass is 10.1. The Morgan fingerprint density at radius 3 is 2.46 bits per heavy atom. The summed E-state index contributed by atoms with van der Waals surface area (Å²) in [6.07, 6.45) is 6.75. The van der Waals surface area contributed by atoms with Crippen LogP contribution in [0.3, 0.4) is 0 Å². The first-order chi connectivity index (χ1) is 13.1. The third-order valence-electron chi connectivity index (χ3n) is 5.44. The first-order valence-electron chi connectivity index (χ1n) is 9.64. The highest BCUT2D eigenvalue weighted by Crippen LogP contribution is 2.25. The molecule has 0 spiro atoms. The van der Waals surface area contributed by atoms with Gasteiger partial charge in [-0.25, -0.2) is 9.13 Å². The molecule has 0 bridgehead atoms. The molecule has 1 aliphatic rings. The van der Waals surface area contributed by atoms with Crippen molar-refractivity contribution in [3.63, 3.8) is 0 Å². The van der Waals surface area contributed by atoms with Gasteiger partial charge in [0.05, 0.1) is 6.54 Å². The van der Waals surface area contributed by atoms with E-state index < -0.39 is 0 Å². The Labute approximate surface area is 181 Å². The number of carbonyl (C=O) groups is 1. The zero-order chi connectivity index (χ0) is 18.8. The number of Topliss-reactive ketones (excluding diaryl/α,β-unsaturated/α-hetero) is 1. The van der Waals surface area contributed by atoms with E-state index >= 15 is 0 Å². The highest BCUT2D eigenvalue weighted by atomic mass is 79.9. The molecule has 0 fully saturated rings. The molecule has 2 aromatic carbocycles. The van der Waals surface area contributed by atoms with E-state index in [1.807, 2.05) is 25.1 Å². The van der Waals surface area contributed by atoms with Crippen LogP contribution in [-0.4, -0.2) is 10.4 Å². The van der Waals surface area contributed by atoms with Crippen LogP contribution in [0.25, 0.3) is 11.3 Å². The van der Waals surface area contributed by atoms with Gasteiger partial charge in [0.1, 0.15) is 6.20 Å². The second kappa shape index (κ2) is 9.06. The van der Waals surface area contributed by atoms with Crippen molar-refractivity contribution < 1.29 is 26.3 Å². The van der Waals surface area contributed by atoms with E-state index in [4.69, 9.17) is 11.6 Å². The van der Waals surface area contributed by atoms with Crippen LogP contribution in [0.4, 0.5) is 0 Å². The minimum Gasteiger partial charge on any atom is -1.00 e. The van der Waals surface area contributed by atoms with E-state index in [0.29, 0.717) is 10.6 Å². The number of rotatable bonds is 4. The molecule has 0 amide bonds. The number of imidazole rings is 1. The molecular formula is C23H24BrClN2O. The lowest BCUT2D eigenvalue weighted by Crippen LogP contribution is -3.00. The third-order valence-corrected chi connectivity index (χ3v) is 5.69. The molecule has 3 nitrogen and oxygen atoms in total. The number of hydrogen-bond donors (Lipinski definition) is 0. The molecule has 146 valence electrons. The zero-order valence-corrected chi connectivity index (χ0v) is 18.3. The highest BCUT2D eigenvalue weighted by molar-refractivity contribution is 6.30. The third kappa shape index (κ3) is 4.08. The zero-order valence-electron chi connectivity index (χ0n) is 15.9. The molecule has 0 N–H and O–H groups in total. The quantitative estimate of drug-likeness (QED) is 0.434. The van der Waals surface area contributed by atoms with Gasteiger partial charge in [-0.2, -0.15) is 0 Å². The Morgan fingerprint density at radius 2 is 1.75 bits per heavy atom. The van der Waals surface area contributed by atoms with Gasteiger partial charge in [-0.05, 0) is 50.5 Å². The Balaban J connectivity index is 0.00000225. The van der Waals surface area contributed by atoms with Crippen LogP contribution in [-0.2, 0) is 13.0 Å². The number of ketones is 1. The predicted octanol–water partition coefficient (Wildman–Crippen LogP) is 2.27. The molecule has 4 rings (SSSR count). The van der Waals surface area contributed by atoms with Crippen LogP contribution in [0.5, 0.6) is 0 Å². The summed E-state index contributed by atoms with van der Waals surface area (Å²) in [5.74, 6) is 1.37. The lowest BCUT2D eigenvalue weighted by molar-refractivity contribution is -0.711. The normalized spacial score (nSPS) is 14.5. The van der Waals surface area contributed by atoms with Crippen LogP contribution in [0.2, 0.25) is 5.02 Å². The average Bonchev–Trinajstić information content (AvgIpc) is 2.89. The summed E-state index contributed by atoms with van der Waals surface area (Å²) in [7, 11) is 0. The summed E-state index contributed by atoms with van der Waals surface area (Å²) >= 11 is 5.98. The van der Waals surface area contributed by atoms with Gasteiger partial charge < -0.3 is 17.0 Å². The molecule has 0 saturated heterocycles. The molecule has 5 heteroatoms. The van der Waals surface area contributed by atoms with Crippen molar-refractivity contribution >= 4 is 17.4 Å².